The summed E-state index contributed by atoms with van der Waals surface area (Å²) < 4.78 is 12.0. The Balaban J connectivity index is 1.96. The number of para-hydroxylation sites is 1. The summed E-state index contributed by atoms with van der Waals surface area (Å²) in [5.41, 5.74) is 2.61. The van der Waals surface area contributed by atoms with Crippen molar-refractivity contribution in [3.05, 3.63) is 95.0 Å². The van der Waals surface area contributed by atoms with Gasteiger partial charge in [-0.05, 0) is 48.4 Å². The molecular formula is C23H22ClNO2S. The molecule has 2 unspecified atom stereocenters. The largest absolute Gasteiger partial charge is 0.305 e. The molecule has 0 bridgehead atoms. The summed E-state index contributed by atoms with van der Waals surface area (Å²) in [4.78, 5) is 15.9. The van der Waals surface area contributed by atoms with Crippen LogP contribution in [-0.4, -0.2) is 16.4 Å². The average Bonchev–Trinajstić information content (AvgIpc) is 2.69. The van der Waals surface area contributed by atoms with Crippen LogP contribution in [0.15, 0.2) is 83.8 Å². The molecule has 0 aliphatic rings. The highest BCUT2D eigenvalue weighted by atomic mass is 35.5. The van der Waals surface area contributed by atoms with Gasteiger partial charge in [0.2, 0.25) is 5.91 Å². The van der Waals surface area contributed by atoms with Crippen LogP contribution in [0, 0.1) is 0 Å². The molecule has 0 fully saturated rings. The molecule has 0 aromatic heterocycles. The zero-order valence-corrected chi connectivity index (χ0v) is 17.4. The number of carbonyl (C=O) groups is 1. The summed E-state index contributed by atoms with van der Waals surface area (Å²) >= 11 is 6.02. The van der Waals surface area contributed by atoms with E-state index in [4.69, 9.17) is 11.6 Å². The van der Waals surface area contributed by atoms with Gasteiger partial charge in [-0.3, -0.25) is 9.00 Å². The molecule has 3 aromatic rings. The third kappa shape index (κ3) is 4.70. The molecule has 1 amide bonds. The highest BCUT2D eigenvalue weighted by Gasteiger charge is 2.24. The van der Waals surface area contributed by atoms with Crippen molar-refractivity contribution >= 4 is 34.0 Å². The molecule has 0 heterocycles. The Morgan fingerprint density at radius 1 is 0.964 bits per heavy atom. The van der Waals surface area contributed by atoms with Crippen molar-refractivity contribution in [1.82, 2.24) is 0 Å². The number of benzene rings is 3. The highest BCUT2D eigenvalue weighted by molar-refractivity contribution is 7.84. The molecule has 3 aromatic carbocycles. The SMILES string of the molecule is CC(c1ccc(Cl)cc1)N(C(=O)Cc1ccccc1S(C)=O)c1ccccc1. The van der Waals surface area contributed by atoms with Crippen LogP contribution < -0.4 is 4.90 Å². The molecule has 0 aliphatic heterocycles. The molecular weight excluding hydrogens is 390 g/mol. The lowest BCUT2D eigenvalue weighted by Gasteiger charge is -2.30. The number of carbonyl (C=O) groups excluding carboxylic acids is 1. The quantitative estimate of drug-likeness (QED) is 0.543. The van der Waals surface area contributed by atoms with Crippen molar-refractivity contribution in [3.8, 4) is 0 Å². The van der Waals surface area contributed by atoms with Crippen molar-refractivity contribution < 1.29 is 9.00 Å². The van der Waals surface area contributed by atoms with Gasteiger partial charge < -0.3 is 4.90 Å². The second-order valence-corrected chi connectivity index (χ2v) is 8.35. The maximum Gasteiger partial charge on any atom is 0.232 e. The van der Waals surface area contributed by atoms with Gasteiger partial charge in [-0.15, -0.1) is 0 Å². The third-order valence-corrected chi connectivity index (χ3v) is 5.94. The maximum atomic E-state index is 13.4. The Kier molecular flexibility index (Phi) is 6.65. The molecule has 144 valence electrons. The molecule has 0 N–H and O–H groups in total. The number of hydrogen-bond acceptors (Lipinski definition) is 2. The van der Waals surface area contributed by atoms with Gasteiger partial charge in [-0.2, -0.15) is 0 Å². The Labute approximate surface area is 173 Å². The van der Waals surface area contributed by atoms with E-state index < -0.39 is 10.8 Å². The predicted octanol–water partition coefficient (Wildman–Crippen LogP) is 5.41. The fourth-order valence-electron chi connectivity index (χ4n) is 3.24. The van der Waals surface area contributed by atoms with Crippen molar-refractivity contribution in [2.24, 2.45) is 0 Å². The summed E-state index contributed by atoms with van der Waals surface area (Å²) in [5, 5.41) is 0.660. The number of hydrogen-bond donors (Lipinski definition) is 0. The zero-order valence-electron chi connectivity index (χ0n) is 15.8. The van der Waals surface area contributed by atoms with Crippen LogP contribution in [0.1, 0.15) is 24.1 Å². The van der Waals surface area contributed by atoms with Crippen LogP contribution in [0.4, 0.5) is 5.69 Å². The van der Waals surface area contributed by atoms with Crippen LogP contribution >= 0.6 is 11.6 Å². The molecule has 3 nitrogen and oxygen atoms in total. The standard InChI is InChI=1S/C23H22ClNO2S/c1-17(18-12-14-20(24)15-13-18)25(21-9-4-3-5-10-21)23(26)16-19-8-6-7-11-22(19)28(2)27/h3-15,17H,16H2,1-2H3. The van der Waals surface area contributed by atoms with Crippen LogP contribution in [0.25, 0.3) is 0 Å². The molecule has 3 rings (SSSR count). The molecule has 5 heteroatoms. The van der Waals surface area contributed by atoms with Crippen LogP contribution in [0.3, 0.4) is 0 Å². The van der Waals surface area contributed by atoms with Gasteiger partial charge in [0.1, 0.15) is 0 Å². The van der Waals surface area contributed by atoms with Crippen LogP contribution in [0.2, 0.25) is 5.02 Å². The van der Waals surface area contributed by atoms with Crippen LogP contribution in [0.5, 0.6) is 0 Å². The van der Waals surface area contributed by atoms with Gasteiger partial charge in [0.25, 0.3) is 0 Å². The minimum Gasteiger partial charge on any atom is -0.305 e. The van der Waals surface area contributed by atoms with Gasteiger partial charge >= 0.3 is 0 Å². The second-order valence-electron chi connectivity index (χ2n) is 6.57. The molecule has 2 atom stereocenters. The molecule has 0 aliphatic carbocycles. The van der Waals surface area contributed by atoms with E-state index in [-0.39, 0.29) is 18.4 Å². The Hall–Kier alpha value is -2.43. The number of amides is 1. The number of anilines is 1. The number of rotatable bonds is 6. The number of halogens is 1. The predicted molar refractivity (Wildman–Crippen MR) is 116 cm³/mol. The van der Waals surface area contributed by atoms with E-state index in [2.05, 4.69) is 0 Å². The topological polar surface area (TPSA) is 37.4 Å². The van der Waals surface area contributed by atoms with Gasteiger partial charge in [0, 0.05) is 21.9 Å². The van der Waals surface area contributed by atoms with E-state index in [1.54, 1.807) is 11.2 Å². The first-order valence-corrected chi connectivity index (χ1v) is 10.9. The van der Waals surface area contributed by atoms with Gasteiger partial charge in [-0.1, -0.05) is 60.1 Å². The molecule has 28 heavy (non-hydrogen) atoms. The first-order valence-electron chi connectivity index (χ1n) is 9.01. The second kappa shape index (κ2) is 9.18. The maximum absolute atomic E-state index is 13.4. The average molecular weight is 412 g/mol. The smallest absolute Gasteiger partial charge is 0.232 e. The van der Waals surface area contributed by atoms with Crippen molar-refractivity contribution in [3.63, 3.8) is 0 Å². The highest BCUT2D eigenvalue weighted by Crippen LogP contribution is 2.29. The summed E-state index contributed by atoms with van der Waals surface area (Å²) in [6, 6.07) is 24.4. The van der Waals surface area contributed by atoms with Crippen molar-refractivity contribution in [2.75, 3.05) is 11.2 Å². The molecule has 0 saturated heterocycles. The van der Waals surface area contributed by atoms with E-state index in [1.165, 1.54) is 0 Å². The molecule has 0 spiro atoms. The summed E-state index contributed by atoms with van der Waals surface area (Å²) in [7, 11) is -1.15. The lowest BCUT2D eigenvalue weighted by atomic mass is 10.0. The Morgan fingerprint density at radius 2 is 1.57 bits per heavy atom. The van der Waals surface area contributed by atoms with E-state index in [1.807, 2.05) is 85.8 Å². The first kappa shape index (κ1) is 20.3. The minimum absolute atomic E-state index is 0.0495. The molecule has 0 radical (unpaired) electrons. The van der Waals surface area contributed by atoms with Gasteiger partial charge in [-0.25, -0.2) is 0 Å². The summed E-state index contributed by atoms with van der Waals surface area (Å²) in [6.45, 7) is 2.00. The summed E-state index contributed by atoms with van der Waals surface area (Å²) in [6.07, 6.45) is 1.82. The van der Waals surface area contributed by atoms with E-state index in [0.717, 1.165) is 16.8 Å². The van der Waals surface area contributed by atoms with E-state index in [0.29, 0.717) is 9.92 Å². The molecule has 0 saturated carbocycles. The fourth-order valence-corrected chi connectivity index (χ4v) is 4.15. The van der Waals surface area contributed by atoms with Crippen molar-refractivity contribution in [1.29, 1.82) is 0 Å². The lowest BCUT2D eigenvalue weighted by molar-refractivity contribution is -0.118. The summed E-state index contributed by atoms with van der Waals surface area (Å²) in [5.74, 6) is -0.0495. The Morgan fingerprint density at radius 3 is 2.21 bits per heavy atom. The lowest BCUT2D eigenvalue weighted by Crippen LogP contribution is -2.35. The minimum atomic E-state index is -1.15. The van der Waals surface area contributed by atoms with E-state index in [9.17, 15) is 9.00 Å². The number of nitrogens with zero attached hydrogens (tertiary/aromatic N) is 1. The van der Waals surface area contributed by atoms with E-state index >= 15 is 0 Å². The van der Waals surface area contributed by atoms with Gasteiger partial charge in [0.15, 0.2) is 0 Å². The first-order chi connectivity index (χ1) is 13.5. The monoisotopic (exact) mass is 411 g/mol. The fraction of sp³-hybridized carbons (Fsp3) is 0.174. The van der Waals surface area contributed by atoms with Gasteiger partial charge in [0.05, 0.1) is 23.3 Å². The zero-order chi connectivity index (χ0) is 20.1. The third-order valence-electron chi connectivity index (χ3n) is 4.67. The normalized spacial score (nSPS) is 13.0. The Bertz CT molecular complexity index is 973. The van der Waals surface area contributed by atoms with Crippen LogP contribution in [-0.2, 0) is 22.0 Å². The van der Waals surface area contributed by atoms with Crippen molar-refractivity contribution in [2.45, 2.75) is 24.3 Å².